The van der Waals surface area contributed by atoms with E-state index in [1.165, 1.54) is 11.5 Å². The van der Waals surface area contributed by atoms with Gasteiger partial charge < -0.3 is 4.74 Å². The highest BCUT2D eigenvalue weighted by Gasteiger charge is 2.16. The maximum absolute atomic E-state index is 5.53. The van der Waals surface area contributed by atoms with E-state index in [0.29, 0.717) is 0 Å². The molecule has 1 aromatic heterocycles. The summed E-state index contributed by atoms with van der Waals surface area (Å²) in [6.45, 7) is 2.83. The molecule has 0 aromatic carbocycles. The smallest absolute Gasteiger partial charge is 0.0801 e. The molecule has 1 aromatic rings. The lowest BCUT2D eigenvalue weighted by molar-refractivity contribution is 0.189. The molecule has 0 amide bonds. The van der Waals surface area contributed by atoms with Gasteiger partial charge in [-0.3, -0.25) is 11.3 Å². The van der Waals surface area contributed by atoms with Crippen molar-refractivity contribution in [1.29, 1.82) is 0 Å². The predicted octanol–water partition coefficient (Wildman–Crippen LogP) is 1.03. The van der Waals surface area contributed by atoms with Crippen molar-refractivity contribution < 1.29 is 4.74 Å². The molecule has 5 nitrogen and oxygen atoms in total. The Kier molecular flexibility index (Phi) is 5.70. The minimum Gasteiger partial charge on any atom is -0.385 e. The van der Waals surface area contributed by atoms with Crippen LogP contribution in [0.4, 0.5) is 0 Å². The van der Waals surface area contributed by atoms with Crippen molar-refractivity contribution in [2.75, 3.05) is 13.7 Å². The average molecular weight is 230 g/mol. The number of nitrogens with one attached hydrogen (secondary N) is 1. The highest BCUT2D eigenvalue weighted by molar-refractivity contribution is 7.05. The van der Waals surface area contributed by atoms with Gasteiger partial charge in [0.25, 0.3) is 0 Å². The number of ether oxygens (including phenoxy) is 1. The SMILES string of the molecule is CCc1nnsc1C(CCCOC)NN. The van der Waals surface area contributed by atoms with Crippen molar-refractivity contribution in [3.63, 3.8) is 0 Å². The van der Waals surface area contributed by atoms with E-state index < -0.39 is 0 Å². The minimum atomic E-state index is 0.148. The first-order valence-corrected chi connectivity index (χ1v) is 5.87. The standard InChI is InChI=1S/C9H18N4OS/c1-3-7-9(15-13-12-7)8(11-10)5-4-6-14-2/h8,11H,3-6,10H2,1-2H3. The molecule has 86 valence electrons. The van der Waals surface area contributed by atoms with Crippen molar-refractivity contribution in [3.05, 3.63) is 10.6 Å². The number of aromatic nitrogens is 2. The zero-order valence-electron chi connectivity index (χ0n) is 9.19. The van der Waals surface area contributed by atoms with E-state index in [2.05, 4.69) is 21.9 Å². The van der Waals surface area contributed by atoms with Crippen LogP contribution in [0.25, 0.3) is 0 Å². The normalized spacial score (nSPS) is 13.0. The molecule has 0 saturated heterocycles. The summed E-state index contributed by atoms with van der Waals surface area (Å²) < 4.78 is 8.97. The van der Waals surface area contributed by atoms with Gasteiger partial charge in [-0.1, -0.05) is 11.4 Å². The average Bonchev–Trinajstić information content (AvgIpc) is 2.72. The summed E-state index contributed by atoms with van der Waals surface area (Å²) in [7, 11) is 1.70. The van der Waals surface area contributed by atoms with Crippen LogP contribution in [0.2, 0.25) is 0 Å². The molecule has 15 heavy (non-hydrogen) atoms. The summed E-state index contributed by atoms with van der Waals surface area (Å²) in [6, 6.07) is 0.148. The minimum absolute atomic E-state index is 0.148. The molecule has 0 fully saturated rings. The summed E-state index contributed by atoms with van der Waals surface area (Å²) in [5, 5.41) is 4.07. The van der Waals surface area contributed by atoms with Crippen molar-refractivity contribution >= 4 is 11.5 Å². The second kappa shape index (κ2) is 6.84. The summed E-state index contributed by atoms with van der Waals surface area (Å²) in [5.41, 5.74) is 3.85. The molecule has 0 aliphatic rings. The lowest BCUT2D eigenvalue weighted by Gasteiger charge is -2.14. The molecule has 0 spiro atoms. The lowest BCUT2D eigenvalue weighted by Crippen LogP contribution is -2.28. The van der Waals surface area contributed by atoms with E-state index in [-0.39, 0.29) is 6.04 Å². The van der Waals surface area contributed by atoms with Crippen LogP contribution in [0.15, 0.2) is 0 Å². The fourth-order valence-corrected chi connectivity index (χ4v) is 2.28. The van der Waals surface area contributed by atoms with Gasteiger partial charge in [0.1, 0.15) is 0 Å². The Bertz CT molecular complexity index is 279. The fourth-order valence-electron chi connectivity index (χ4n) is 1.45. The molecule has 0 aliphatic carbocycles. The third kappa shape index (κ3) is 3.49. The molecule has 6 heteroatoms. The molecular weight excluding hydrogens is 212 g/mol. The quantitative estimate of drug-likeness (QED) is 0.416. The molecule has 1 unspecified atom stereocenters. The van der Waals surface area contributed by atoms with Gasteiger partial charge in [0.15, 0.2) is 0 Å². The van der Waals surface area contributed by atoms with Crippen LogP contribution in [0, 0.1) is 0 Å². The molecular formula is C9H18N4OS. The molecule has 3 N–H and O–H groups in total. The highest BCUT2D eigenvalue weighted by atomic mass is 32.1. The third-order valence-corrected chi connectivity index (χ3v) is 3.16. The Labute approximate surface area is 94.1 Å². The first kappa shape index (κ1) is 12.5. The molecule has 1 rings (SSSR count). The van der Waals surface area contributed by atoms with Gasteiger partial charge in [-0.15, -0.1) is 5.10 Å². The van der Waals surface area contributed by atoms with Crippen LogP contribution in [-0.2, 0) is 11.2 Å². The van der Waals surface area contributed by atoms with Crippen molar-refractivity contribution in [3.8, 4) is 0 Å². The van der Waals surface area contributed by atoms with Gasteiger partial charge >= 0.3 is 0 Å². The Morgan fingerprint density at radius 1 is 1.60 bits per heavy atom. The van der Waals surface area contributed by atoms with Gasteiger partial charge in [0.2, 0.25) is 0 Å². The predicted molar refractivity (Wildman–Crippen MR) is 60.5 cm³/mol. The largest absolute Gasteiger partial charge is 0.385 e. The number of nitrogens with two attached hydrogens (primary N) is 1. The maximum Gasteiger partial charge on any atom is 0.0801 e. The van der Waals surface area contributed by atoms with Gasteiger partial charge in [0.05, 0.1) is 16.6 Å². The second-order valence-corrected chi connectivity index (χ2v) is 4.08. The van der Waals surface area contributed by atoms with Gasteiger partial charge in [0, 0.05) is 13.7 Å². The van der Waals surface area contributed by atoms with Crippen LogP contribution in [0.1, 0.15) is 36.4 Å². The van der Waals surface area contributed by atoms with Gasteiger partial charge in [-0.2, -0.15) is 0 Å². The van der Waals surface area contributed by atoms with Crippen LogP contribution in [0.5, 0.6) is 0 Å². The molecule has 0 aliphatic heterocycles. The Morgan fingerprint density at radius 3 is 3.00 bits per heavy atom. The monoisotopic (exact) mass is 230 g/mol. The summed E-state index contributed by atoms with van der Waals surface area (Å²) in [6.07, 6.45) is 2.82. The van der Waals surface area contributed by atoms with E-state index in [1.54, 1.807) is 7.11 Å². The lowest BCUT2D eigenvalue weighted by atomic mass is 10.1. The number of rotatable bonds is 7. The van der Waals surface area contributed by atoms with Crippen LogP contribution >= 0.6 is 11.5 Å². The van der Waals surface area contributed by atoms with E-state index >= 15 is 0 Å². The molecule has 1 heterocycles. The van der Waals surface area contributed by atoms with E-state index in [1.807, 2.05) is 0 Å². The number of methoxy groups -OCH3 is 1. The Morgan fingerprint density at radius 2 is 2.40 bits per heavy atom. The molecule has 0 saturated carbocycles. The van der Waals surface area contributed by atoms with Crippen LogP contribution in [0.3, 0.4) is 0 Å². The highest BCUT2D eigenvalue weighted by Crippen LogP contribution is 2.23. The van der Waals surface area contributed by atoms with Crippen molar-refractivity contribution in [1.82, 2.24) is 15.0 Å². The summed E-state index contributed by atoms with van der Waals surface area (Å²) in [5.74, 6) is 5.53. The first-order chi connectivity index (χ1) is 7.33. The third-order valence-electron chi connectivity index (χ3n) is 2.28. The summed E-state index contributed by atoms with van der Waals surface area (Å²) >= 11 is 1.42. The van der Waals surface area contributed by atoms with E-state index in [0.717, 1.165) is 36.4 Å². The summed E-state index contributed by atoms with van der Waals surface area (Å²) in [4.78, 5) is 1.15. The number of nitrogens with zero attached hydrogens (tertiary/aromatic N) is 2. The van der Waals surface area contributed by atoms with E-state index in [4.69, 9.17) is 10.6 Å². The first-order valence-electron chi connectivity index (χ1n) is 5.09. The van der Waals surface area contributed by atoms with Crippen molar-refractivity contribution in [2.45, 2.75) is 32.2 Å². The maximum atomic E-state index is 5.53. The number of hydrogen-bond acceptors (Lipinski definition) is 6. The van der Waals surface area contributed by atoms with E-state index in [9.17, 15) is 0 Å². The topological polar surface area (TPSA) is 73.1 Å². The number of hydrogen-bond donors (Lipinski definition) is 2. The van der Waals surface area contributed by atoms with Crippen LogP contribution in [-0.4, -0.2) is 23.3 Å². The zero-order chi connectivity index (χ0) is 11.1. The Balaban J connectivity index is 2.57. The Hall–Kier alpha value is -0.560. The van der Waals surface area contributed by atoms with Crippen LogP contribution < -0.4 is 11.3 Å². The van der Waals surface area contributed by atoms with Crippen molar-refractivity contribution in [2.24, 2.45) is 5.84 Å². The van der Waals surface area contributed by atoms with Gasteiger partial charge in [-0.05, 0) is 30.8 Å². The fraction of sp³-hybridized carbons (Fsp3) is 0.778. The molecule has 0 radical (unpaired) electrons. The molecule has 0 bridgehead atoms. The zero-order valence-corrected chi connectivity index (χ0v) is 10.0. The molecule has 1 atom stereocenters. The number of hydrazine groups is 1. The second-order valence-electron chi connectivity index (χ2n) is 3.29. The van der Waals surface area contributed by atoms with Gasteiger partial charge in [-0.25, -0.2) is 0 Å². The number of aryl methyl sites for hydroxylation is 1.